The molecule has 2 nitrogen and oxygen atoms in total. The van der Waals surface area contributed by atoms with Crippen LogP contribution >= 0.6 is 23.2 Å². The summed E-state index contributed by atoms with van der Waals surface area (Å²) in [4.78, 5) is 8.90. The molecule has 0 saturated carbocycles. The Balaban J connectivity index is -0.000000251. The monoisotopic (exact) mass is 356 g/mol. The summed E-state index contributed by atoms with van der Waals surface area (Å²) in [6.45, 7) is 14.3. The molecule has 0 aliphatic carbocycles. The lowest BCUT2D eigenvalue weighted by Crippen LogP contribution is -2.24. The van der Waals surface area contributed by atoms with E-state index in [4.69, 9.17) is 33.1 Å². The summed E-state index contributed by atoms with van der Waals surface area (Å²) < 4.78 is 31.7. The first-order valence-electron chi connectivity index (χ1n) is 6.24. The summed E-state index contributed by atoms with van der Waals surface area (Å²) in [7, 11) is -0.454. The number of hydrogen-bond acceptors (Lipinski definition) is 1. The van der Waals surface area contributed by atoms with Crippen LogP contribution in [0.3, 0.4) is 0 Å². The Hall–Kier alpha value is 0.0569. The van der Waals surface area contributed by atoms with Gasteiger partial charge in [-0.3, -0.25) is 0 Å². The minimum absolute atomic E-state index is 0.194. The van der Waals surface area contributed by atoms with Gasteiger partial charge in [0.25, 0.3) is 0 Å². The van der Waals surface area contributed by atoms with Crippen LogP contribution < -0.4 is 0 Å². The quantitative estimate of drug-likeness (QED) is 0.535. The van der Waals surface area contributed by atoms with E-state index in [-0.39, 0.29) is 5.34 Å². The lowest BCUT2D eigenvalue weighted by atomic mass is 10.5. The Morgan fingerprint density at radius 3 is 1.15 bits per heavy atom. The molecule has 0 aliphatic rings. The van der Waals surface area contributed by atoms with E-state index in [9.17, 15) is 13.2 Å². The van der Waals surface area contributed by atoms with Gasteiger partial charge in [-0.1, -0.05) is 58.2 Å². The molecule has 0 saturated heterocycles. The Morgan fingerprint density at radius 1 is 1.00 bits per heavy atom. The molecular weight excluding hydrogens is 332 g/mol. The van der Waals surface area contributed by atoms with Gasteiger partial charge in [-0.15, -0.1) is 23.2 Å². The predicted molar refractivity (Wildman–Crippen MR) is 82.7 cm³/mol. The highest BCUT2D eigenvalue weighted by Crippen LogP contribution is 2.29. The minimum Gasteiger partial charge on any atom is -0.475 e. The molecule has 0 unspecified atom stereocenters. The molecule has 124 valence electrons. The van der Waals surface area contributed by atoms with Gasteiger partial charge < -0.3 is 5.11 Å². The molecule has 0 aromatic carbocycles. The van der Waals surface area contributed by atoms with Crippen LogP contribution in [0.2, 0.25) is 16.6 Å². The fraction of sp³-hybridized carbons (Fsp3) is 0.917. The molecule has 20 heavy (non-hydrogen) atoms. The number of halogens is 5. The van der Waals surface area contributed by atoms with Crippen molar-refractivity contribution in [2.45, 2.75) is 64.3 Å². The predicted octanol–water partition coefficient (Wildman–Crippen LogP) is 5.50. The van der Waals surface area contributed by atoms with Crippen LogP contribution in [0, 0.1) is 0 Å². The molecule has 0 bridgehead atoms. The molecule has 0 heterocycles. The zero-order valence-corrected chi connectivity index (χ0v) is 15.4. The summed E-state index contributed by atoms with van der Waals surface area (Å²) in [5, 5.41) is 7.32. The number of rotatable bonds is 3. The number of aliphatic carboxylic acids is 1. The van der Waals surface area contributed by atoms with Crippen molar-refractivity contribution >= 4 is 38.0 Å². The van der Waals surface area contributed by atoms with Crippen LogP contribution in [0.5, 0.6) is 0 Å². The summed E-state index contributed by atoms with van der Waals surface area (Å²) in [5.74, 6) is -2.76. The second-order valence-electron chi connectivity index (χ2n) is 5.21. The number of carbonyl (C=O) groups is 1. The van der Waals surface area contributed by atoms with E-state index >= 15 is 0 Å². The number of hydrogen-bond donors (Lipinski definition) is 1. The molecule has 0 aromatic rings. The van der Waals surface area contributed by atoms with Crippen molar-refractivity contribution < 1.29 is 23.1 Å². The Morgan fingerprint density at radius 2 is 1.15 bits per heavy atom. The number of alkyl halides is 5. The van der Waals surface area contributed by atoms with Crippen molar-refractivity contribution in [2.75, 3.05) is 5.34 Å². The summed E-state index contributed by atoms with van der Waals surface area (Å²) in [6.07, 6.45) is -5.08. The van der Waals surface area contributed by atoms with Gasteiger partial charge in [0.2, 0.25) is 0 Å². The van der Waals surface area contributed by atoms with E-state index in [2.05, 4.69) is 41.5 Å². The molecular formula is C12H25Cl2F3O2Si. The molecule has 0 rings (SSSR count). The maximum Gasteiger partial charge on any atom is 0.490 e. The van der Waals surface area contributed by atoms with Gasteiger partial charge in [0.15, 0.2) is 0 Å². The van der Waals surface area contributed by atoms with Gasteiger partial charge in [0.05, 0.1) is 5.34 Å². The van der Waals surface area contributed by atoms with E-state index in [1.165, 1.54) is 0 Å². The van der Waals surface area contributed by atoms with E-state index in [0.29, 0.717) is 0 Å². The SMILES string of the molecule is CC(C)[SiH](C(C)C)C(C)C.ClCCl.O=C(O)C(F)(F)F. The average molecular weight is 357 g/mol. The lowest BCUT2D eigenvalue weighted by molar-refractivity contribution is -0.192. The molecule has 0 spiro atoms. The Kier molecular flexibility index (Phi) is 16.0. The zero-order valence-electron chi connectivity index (χ0n) is 12.8. The molecule has 0 radical (unpaired) electrons. The third-order valence-corrected chi connectivity index (χ3v) is 7.17. The van der Waals surface area contributed by atoms with Crippen LogP contribution in [-0.2, 0) is 4.79 Å². The molecule has 0 aliphatic heterocycles. The van der Waals surface area contributed by atoms with Gasteiger partial charge in [-0.05, 0) is 0 Å². The second kappa shape index (κ2) is 12.8. The van der Waals surface area contributed by atoms with Crippen molar-refractivity contribution in [2.24, 2.45) is 0 Å². The number of carboxylic acids is 1. The van der Waals surface area contributed by atoms with Gasteiger partial charge in [0.1, 0.15) is 0 Å². The first-order chi connectivity index (χ1) is 8.82. The van der Waals surface area contributed by atoms with E-state index < -0.39 is 20.9 Å². The molecule has 0 aromatic heterocycles. The van der Waals surface area contributed by atoms with Crippen molar-refractivity contribution in [3.05, 3.63) is 0 Å². The van der Waals surface area contributed by atoms with Crippen LogP contribution in [0.25, 0.3) is 0 Å². The van der Waals surface area contributed by atoms with Crippen LogP contribution in [-0.4, -0.2) is 31.4 Å². The van der Waals surface area contributed by atoms with E-state index in [1.54, 1.807) is 0 Å². The highest BCUT2D eigenvalue weighted by molar-refractivity contribution is 6.63. The first kappa shape index (κ1) is 25.0. The normalized spacial score (nSPS) is 11.2. The van der Waals surface area contributed by atoms with Crippen molar-refractivity contribution in [1.82, 2.24) is 0 Å². The van der Waals surface area contributed by atoms with Crippen molar-refractivity contribution in [3.63, 3.8) is 0 Å². The largest absolute Gasteiger partial charge is 0.490 e. The highest BCUT2D eigenvalue weighted by atomic mass is 35.5. The van der Waals surface area contributed by atoms with E-state index in [1.807, 2.05) is 0 Å². The number of carboxylic acid groups (broad SMARTS) is 1. The molecule has 0 amide bonds. The fourth-order valence-corrected chi connectivity index (χ4v) is 6.93. The Labute approximate surface area is 131 Å². The van der Waals surface area contributed by atoms with Crippen molar-refractivity contribution in [1.29, 1.82) is 0 Å². The third kappa shape index (κ3) is 16.1. The fourth-order valence-electron chi connectivity index (χ4n) is 2.31. The smallest absolute Gasteiger partial charge is 0.475 e. The summed E-state index contributed by atoms with van der Waals surface area (Å²) in [6, 6.07) is 0. The molecule has 0 fully saturated rings. The third-order valence-electron chi connectivity index (χ3n) is 2.55. The molecule has 1 N–H and O–H groups in total. The first-order valence-corrected chi connectivity index (χ1v) is 9.31. The summed E-state index contributed by atoms with van der Waals surface area (Å²) >= 11 is 9.53. The van der Waals surface area contributed by atoms with Gasteiger partial charge >= 0.3 is 12.1 Å². The van der Waals surface area contributed by atoms with Crippen LogP contribution in [0.1, 0.15) is 41.5 Å². The lowest BCUT2D eigenvalue weighted by Gasteiger charge is -2.26. The maximum absolute atomic E-state index is 10.6. The standard InChI is InChI=1S/C9H22Si.C2HF3O2.CH2Cl2/c1-7(2)10(8(3)4)9(5)6;3-2(4,5)1(6)7;2-1-3/h7-10H,1-6H3;(H,6,7);1H2. The maximum atomic E-state index is 10.6. The molecule has 0 atom stereocenters. The van der Waals surface area contributed by atoms with Crippen LogP contribution in [0.15, 0.2) is 0 Å². The average Bonchev–Trinajstić information content (AvgIpc) is 2.15. The van der Waals surface area contributed by atoms with Gasteiger partial charge in [0, 0.05) is 8.80 Å². The topological polar surface area (TPSA) is 37.3 Å². The van der Waals surface area contributed by atoms with E-state index in [0.717, 1.165) is 16.6 Å². The molecule has 8 heteroatoms. The minimum atomic E-state index is -5.08. The van der Waals surface area contributed by atoms with Gasteiger partial charge in [-0.25, -0.2) is 4.79 Å². The zero-order chi connectivity index (χ0) is 17.1. The second-order valence-corrected chi connectivity index (χ2v) is 11.2. The van der Waals surface area contributed by atoms with Gasteiger partial charge in [-0.2, -0.15) is 13.2 Å². The van der Waals surface area contributed by atoms with Crippen LogP contribution in [0.4, 0.5) is 13.2 Å². The summed E-state index contributed by atoms with van der Waals surface area (Å²) in [5.41, 5.74) is 2.92. The van der Waals surface area contributed by atoms with Crippen molar-refractivity contribution in [3.8, 4) is 0 Å². The Bertz CT molecular complexity index is 228. The highest BCUT2D eigenvalue weighted by Gasteiger charge is 2.38.